The van der Waals surface area contributed by atoms with E-state index < -0.39 is 35.5 Å². The number of imide groups is 1. The van der Waals surface area contributed by atoms with Crippen molar-refractivity contribution in [3.8, 4) is 6.07 Å². The number of nitriles is 1. The molecule has 1 N–H and O–H groups in total. The summed E-state index contributed by atoms with van der Waals surface area (Å²) in [6, 6.07) is 9.04. The predicted octanol–water partition coefficient (Wildman–Crippen LogP) is 2.03. The maximum Gasteiger partial charge on any atom is 0.490 e. The molecule has 37 heavy (non-hydrogen) atoms. The lowest BCUT2D eigenvalue weighted by Crippen LogP contribution is -2.59. The molecule has 14 heteroatoms. The molecule has 3 heterocycles. The number of hydrogen-bond acceptors (Lipinski definition) is 9. The summed E-state index contributed by atoms with van der Waals surface area (Å²) in [6.45, 7) is 2.20. The predicted molar refractivity (Wildman–Crippen MR) is 124 cm³/mol. The van der Waals surface area contributed by atoms with Gasteiger partial charge in [-0.1, -0.05) is 30.8 Å². The largest absolute Gasteiger partial charge is 0.490 e. The van der Waals surface area contributed by atoms with Crippen molar-refractivity contribution in [2.75, 3.05) is 20.7 Å². The van der Waals surface area contributed by atoms with Crippen molar-refractivity contribution < 1.29 is 42.2 Å². The highest BCUT2D eigenvalue weighted by molar-refractivity contribution is 8.13. The van der Waals surface area contributed by atoms with Crippen LogP contribution in [0.2, 0.25) is 0 Å². The quantitative estimate of drug-likeness (QED) is 0.449. The van der Waals surface area contributed by atoms with Gasteiger partial charge in [-0.25, -0.2) is 9.59 Å². The minimum atomic E-state index is -5.08. The number of amides is 2. The number of halogens is 3. The topological polar surface area (TPSA) is 140 Å². The molecule has 2 saturated heterocycles. The van der Waals surface area contributed by atoms with E-state index in [1.165, 1.54) is 25.9 Å². The van der Waals surface area contributed by atoms with Crippen molar-refractivity contribution in [2.24, 2.45) is 16.8 Å². The molecule has 0 radical (unpaired) electrons. The molecule has 10 nitrogen and oxygen atoms in total. The van der Waals surface area contributed by atoms with Crippen molar-refractivity contribution in [3.63, 3.8) is 0 Å². The van der Waals surface area contributed by atoms with E-state index in [4.69, 9.17) is 19.9 Å². The molecule has 0 saturated carbocycles. The molecule has 0 bridgehead atoms. The summed E-state index contributed by atoms with van der Waals surface area (Å²) >= 11 is 1.46. The number of nitrogens with zero attached hydrogens (tertiary/aromatic N) is 4. The number of ether oxygens (including phenoxy) is 1. The van der Waals surface area contributed by atoms with E-state index in [0.29, 0.717) is 29.4 Å². The van der Waals surface area contributed by atoms with Gasteiger partial charge in [0, 0.05) is 12.8 Å². The summed E-state index contributed by atoms with van der Waals surface area (Å²) in [6.07, 6.45) is -4.75. The van der Waals surface area contributed by atoms with Gasteiger partial charge in [-0.15, -0.1) is 0 Å². The molecule has 2 amide bonds. The number of amidine groups is 1. The Kier molecular flexibility index (Phi) is 7.87. The minimum Gasteiger partial charge on any atom is -0.475 e. The fraction of sp³-hybridized carbons (Fsp3) is 0.478. The van der Waals surface area contributed by atoms with Crippen LogP contribution in [0.3, 0.4) is 0 Å². The van der Waals surface area contributed by atoms with Crippen LogP contribution in [0.15, 0.2) is 29.3 Å². The van der Waals surface area contributed by atoms with Crippen LogP contribution in [-0.4, -0.2) is 82.3 Å². The van der Waals surface area contributed by atoms with E-state index in [0.717, 1.165) is 10.5 Å². The van der Waals surface area contributed by atoms with Gasteiger partial charge < -0.3 is 14.7 Å². The number of rotatable bonds is 4. The SMILES string of the molecule is CC[C@]1(C(=O)OC)[C@H]2C(=O)N(C)C(=O)[C@H]2[C@H]2CN=C(SCc3ccc(C#N)cc3)N21.O=C(O)C(F)(F)F. The second-order valence-corrected chi connectivity index (χ2v) is 9.41. The Morgan fingerprint density at radius 1 is 1.27 bits per heavy atom. The van der Waals surface area contributed by atoms with Crippen molar-refractivity contribution in [2.45, 2.75) is 36.9 Å². The molecule has 0 aliphatic carbocycles. The van der Waals surface area contributed by atoms with Crippen molar-refractivity contribution in [3.05, 3.63) is 35.4 Å². The third-order valence-electron chi connectivity index (χ3n) is 6.65. The number of fused-ring (bicyclic) bond motifs is 3. The van der Waals surface area contributed by atoms with Gasteiger partial charge in [0.1, 0.15) is 0 Å². The van der Waals surface area contributed by atoms with Gasteiger partial charge in [0.05, 0.1) is 43.2 Å². The summed E-state index contributed by atoms with van der Waals surface area (Å²) < 4.78 is 36.9. The van der Waals surface area contributed by atoms with Gasteiger partial charge in [0.2, 0.25) is 11.8 Å². The molecule has 0 unspecified atom stereocenters. The van der Waals surface area contributed by atoms with E-state index >= 15 is 0 Å². The van der Waals surface area contributed by atoms with Gasteiger partial charge in [0.25, 0.3) is 0 Å². The number of aliphatic imine (C=N–C) groups is 1. The average molecular weight is 541 g/mol. The highest BCUT2D eigenvalue weighted by Crippen LogP contribution is 2.53. The highest BCUT2D eigenvalue weighted by atomic mass is 32.2. The van der Waals surface area contributed by atoms with Crippen LogP contribution < -0.4 is 0 Å². The number of carbonyl (C=O) groups excluding carboxylic acids is 3. The summed E-state index contributed by atoms with van der Waals surface area (Å²) in [5, 5.41) is 16.7. The van der Waals surface area contributed by atoms with Gasteiger partial charge in [0.15, 0.2) is 10.7 Å². The normalized spacial score (nSPS) is 26.1. The monoisotopic (exact) mass is 540 g/mol. The van der Waals surface area contributed by atoms with Crippen LogP contribution in [0.25, 0.3) is 0 Å². The van der Waals surface area contributed by atoms with Gasteiger partial charge in [-0.05, 0) is 24.1 Å². The molecule has 1 aromatic rings. The second kappa shape index (κ2) is 10.4. The third-order valence-corrected chi connectivity index (χ3v) is 7.71. The average Bonchev–Trinajstić information content (AvgIpc) is 3.48. The molecule has 4 atom stereocenters. The molecule has 3 aliphatic heterocycles. The Morgan fingerprint density at radius 3 is 2.35 bits per heavy atom. The fourth-order valence-electron chi connectivity index (χ4n) is 4.96. The maximum absolute atomic E-state index is 13.1. The second-order valence-electron chi connectivity index (χ2n) is 8.47. The molecule has 2 fully saturated rings. The number of likely N-dealkylation sites (tertiary alicyclic amines) is 1. The summed E-state index contributed by atoms with van der Waals surface area (Å²) in [7, 11) is 2.78. The zero-order valence-corrected chi connectivity index (χ0v) is 20.8. The van der Waals surface area contributed by atoms with E-state index in [-0.39, 0.29) is 17.9 Å². The fourth-order valence-corrected chi connectivity index (χ4v) is 6.05. The van der Waals surface area contributed by atoms with Crippen LogP contribution >= 0.6 is 11.8 Å². The van der Waals surface area contributed by atoms with Gasteiger partial charge in [-0.3, -0.25) is 19.5 Å². The van der Waals surface area contributed by atoms with Crippen LogP contribution in [0.1, 0.15) is 24.5 Å². The molecular weight excluding hydrogens is 517 g/mol. The molecule has 4 rings (SSSR count). The van der Waals surface area contributed by atoms with Crippen LogP contribution in [0.5, 0.6) is 0 Å². The van der Waals surface area contributed by atoms with E-state index in [1.807, 2.05) is 24.0 Å². The highest BCUT2D eigenvalue weighted by Gasteiger charge is 2.72. The zero-order valence-electron chi connectivity index (χ0n) is 20.0. The zero-order chi connectivity index (χ0) is 27.7. The lowest BCUT2D eigenvalue weighted by molar-refractivity contribution is -0.192. The number of alkyl halides is 3. The van der Waals surface area contributed by atoms with Gasteiger partial charge in [-0.2, -0.15) is 18.4 Å². The number of carboxylic acids is 1. The van der Waals surface area contributed by atoms with Gasteiger partial charge >= 0.3 is 18.1 Å². The Balaban J connectivity index is 0.000000479. The first kappa shape index (κ1) is 28.0. The molecule has 0 spiro atoms. The molecule has 3 aliphatic rings. The van der Waals surface area contributed by atoms with Crippen molar-refractivity contribution in [1.29, 1.82) is 5.26 Å². The molecule has 1 aromatic carbocycles. The molecular formula is C23H23F3N4O6S. The first-order chi connectivity index (χ1) is 17.3. The summed E-state index contributed by atoms with van der Waals surface area (Å²) in [5.74, 6) is -4.63. The Hall–Kier alpha value is -3.60. The van der Waals surface area contributed by atoms with E-state index in [1.54, 1.807) is 12.1 Å². The third kappa shape index (κ3) is 4.75. The van der Waals surface area contributed by atoms with Crippen LogP contribution in [0, 0.1) is 23.2 Å². The Morgan fingerprint density at radius 2 is 1.86 bits per heavy atom. The van der Waals surface area contributed by atoms with E-state index in [2.05, 4.69) is 11.1 Å². The number of carboxylic acid groups (broad SMARTS) is 1. The van der Waals surface area contributed by atoms with E-state index in [9.17, 15) is 27.6 Å². The standard InChI is InChI=1S/C21H22N4O4S.C2HF3O2/c1-4-21(19(28)29-3)16-15(17(26)24(2)18(16)27)14-10-23-20(25(14)21)30-11-13-7-5-12(9-22)6-8-13;3-2(4,5)1(6)7/h5-8,14-16H,4,10-11H2,1-3H3;(H,6,7)/t14-,15+,16-,21-;/m1./s1. The summed E-state index contributed by atoms with van der Waals surface area (Å²) in [5.41, 5.74) is 0.358. The smallest absolute Gasteiger partial charge is 0.475 e. The number of aliphatic carboxylic acids is 1. The maximum atomic E-state index is 13.1. The number of benzene rings is 1. The molecule has 0 aromatic heterocycles. The van der Waals surface area contributed by atoms with Crippen LogP contribution in [0.4, 0.5) is 13.2 Å². The minimum absolute atomic E-state index is 0.257. The van der Waals surface area contributed by atoms with Crippen molar-refractivity contribution >= 4 is 40.7 Å². The van der Waals surface area contributed by atoms with Crippen LogP contribution in [-0.2, 0) is 29.7 Å². The number of esters is 1. The Labute approximate surface area is 214 Å². The first-order valence-electron chi connectivity index (χ1n) is 11.0. The summed E-state index contributed by atoms with van der Waals surface area (Å²) in [4.78, 5) is 55.4. The first-order valence-corrected chi connectivity index (χ1v) is 12.0. The molecule has 198 valence electrons. The number of methoxy groups -OCH3 is 1. The Bertz CT molecular complexity index is 1180. The van der Waals surface area contributed by atoms with Crippen molar-refractivity contribution in [1.82, 2.24) is 9.80 Å². The number of thioether (sulfide) groups is 1. The lowest BCUT2D eigenvalue weighted by Gasteiger charge is -2.39. The lowest BCUT2D eigenvalue weighted by atomic mass is 9.78. The number of hydrogen-bond donors (Lipinski definition) is 1. The number of carbonyl (C=O) groups is 4.